The third-order valence-electron chi connectivity index (χ3n) is 11.2. The number of fused-ring (bicyclic) bond motifs is 10. The Balaban J connectivity index is 1.20. The molecule has 0 amide bonds. The van der Waals surface area contributed by atoms with Crippen LogP contribution in [0.3, 0.4) is 0 Å². The first kappa shape index (κ1) is 30.8. The molecule has 0 aliphatic carbocycles. The number of hydrogen-bond acceptors (Lipinski definition) is 4. The molecule has 0 unspecified atom stereocenters. The molecule has 0 saturated heterocycles. The average molecular weight is 715 g/mol. The van der Waals surface area contributed by atoms with Gasteiger partial charge >= 0.3 is 0 Å². The molecule has 12 aromatic rings. The maximum absolute atomic E-state index is 6.75. The minimum Gasteiger partial charge on any atom is -0.455 e. The fourth-order valence-electron chi connectivity index (χ4n) is 8.60. The average Bonchev–Trinajstić information content (AvgIpc) is 3.81. The Hall–Kier alpha value is -7.63. The number of benzene rings is 9. The highest BCUT2D eigenvalue weighted by atomic mass is 16.3. The summed E-state index contributed by atoms with van der Waals surface area (Å²) in [6.07, 6.45) is 0. The molecule has 56 heavy (non-hydrogen) atoms. The normalized spacial score (nSPS) is 11.9. The van der Waals surface area contributed by atoms with Gasteiger partial charge in [0, 0.05) is 27.1 Å². The molecule has 3 aromatic heterocycles. The molecular weight excluding hydrogens is 685 g/mol. The van der Waals surface area contributed by atoms with Crippen LogP contribution in [0.15, 0.2) is 186 Å². The van der Waals surface area contributed by atoms with Crippen LogP contribution >= 0.6 is 0 Å². The summed E-state index contributed by atoms with van der Waals surface area (Å²) in [6.45, 7) is 0. The molecule has 260 valence electrons. The van der Waals surface area contributed by atoms with Gasteiger partial charge in [-0.25, -0.2) is 4.98 Å². The Morgan fingerprint density at radius 1 is 0.375 bits per heavy atom. The van der Waals surface area contributed by atoms with Gasteiger partial charge in [0.1, 0.15) is 11.2 Å². The molecule has 0 spiro atoms. The van der Waals surface area contributed by atoms with Crippen molar-refractivity contribution in [3.05, 3.63) is 182 Å². The van der Waals surface area contributed by atoms with E-state index in [1.54, 1.807) is 0 Å². The van der Waals surface area contributed by atoms with E-state index in [0.29, 0.717) is 17.6 Å². The lowest BCUT2D eigenvalue weighted by atomic mass is 9.95. The van der Waals surface area contributed by atoms with Crippen molar-refractivity contribution in [1.82, 2.24) is 19.5 Å². The van der Waals surface area contributed by atoms with Crippen LogP contribution < -0.4 is 0 Å². The van der Waals surface area contributed by atoms with Crippen molar-refractivity contribution in [3.63, 3.8) is 0 Å². The van der Waals surface area contributed by atoms with Crippen molar-refractivity contribution in [2.24, 2.45) is 0 Å². The number of hydrogen-bond donors (Lipinski definition) is 0. The molecule has 0 aliphatic rings. The summed E-state index contributed by atoms with van der Waals surface area (Å²) in [6, 6.07) is 63.9. The highest BCUT2D eigenvalue weighted by molar-refractivity contribution is 6.21. The van der Waals surface area contributed by atoms with Gasteiger partial charge in [-0.05, 0) is 85.9 Å². The molecule has 0 atom stereocenters. The van der Waals surface area contributed by atoms with Crippen LogP contribution in [0.4, 0.5) is 0 Å². The Bertz CT molecular complexity index is 3540. The van der Waals surface area contributed by atoms with Gasteiger partial charge < -0.3 is 4.42 Å². The number of nitrogens with zero attached hydrogens (tertiary/aromatic N) is 4. The number of furan rings is 1. The van der Waals surface area contributed by atoms with Crippen molar-refractivity contribution >= 4 is 76.1 Å². The van der Waals surface area contributed by atoms with Gasteiger partial charge in [-0.1, -0.05) is 140 Å². The van der Waals surface area contributed by atoms with Crippen LogP contribution in [0.5, 0.6) is 0 Å². The molecular formula is C51H30N4O. The maximum atomic E-state index is 6.75. The Labute approximate surface area is 320 Å². The van der Waals surface area contributed by atoms with E-state index in [9.17, 15) is 0 Å². The minimum atomic E-state index is 0.539. The van der Waals surface area contributed by atoms with Crippen LogP contribution in [0.1, 0.15) is 0 Å². The van der Waals surface area contributed by atoms with Gasteiger partial charge in [0.25, 0.3) is 0 Å². The number of para-hydroxylation sites is 2. The number of rotatable bonds is 4. The number of aromatic nitrogens is 4. The molecule has 3 heterocycles. The van der Waals surface area contributed by atoms with Crippen LogP contribution in [-0.4, -0.2) is 19.5 Å². The Morgan fingerprint density at radius 2 is 0.982 bits per heavy atom. The van der Waals surface area contributed by atoms with Gasteiger partial charge in [-0.3, -0.25) is 4.57 Å². The topological polar surface area (TPSA) is 56.7 Å². The standard InChI is InChI=1S/C51H30N4O/c1-2-13-31(14-3-1)41-27-33-16-4-5-18-35(33)29-43(41)50-52-49(40-23-12-22-38-42-28-34-17-6-7-19-36(34)30-46(42)56-48(38)40)53-51(54-50)55-44-24-11-10-21-39(44)47-37-20-9-8-15-32(37)25-26-45(47)55/h1-30H. The lowest BCUT2D eigenvalue weighted by Crippen LogP contribution is -2.07. The van der Waals surface area contributed by atoms with E-state index in [1.807, 2.05) is 6.07 Å². The fourth-order valence-corrected chi connectivity index (χ4v) is 8.60. The third kappa shape index (κ3) is 4.64. The Morgan fingerprint density at radius 3 is 1.77 bits per heavy atom. The van der Waals surface area contributed by atoms with Crippen molar-refractivity contribution < 1.29 is 4.42 Å². The van der Waals surface area contributed by atoms with Crippen LogP contribution in [0.25, 0.3) is 116 Å². The lowest BCUT2D eigenvalue weighted by molar-refractivity contribution is 0.670. The smallest absolute Gasteiger partial charge is 0.238 e. The molecule has 0 radical (unpaired) electrons. The molecule has 9 aromatic carbocycles. The summed E-state index contributed by atoms with van der Waals surface area (Å²) in [5.74, 6) is 1.66. The molecule has 0 N–H and O–H groups in total. The first-order valence-corrected chi connectivity index (χ1v) is 18.9. The summed E-state index contributed by atoms with van der Waals surface area (Å²) >= 11 is 0. The summed E-state index contributed by atoms with van der Waals surface area (Å²) < 4.78 is 8.95. The van der Waals surface area contributed by atoms with Crippen LogP contribution in [0, 0.1) is 0 Å². The zero-order valence-corrected chi connectivity index (χ0v) is 30.0. The van der Waals surface area contributed by atoms with Gasteiger partial charge in [-0.2, -0.15) is 9.97 Å². The highest BCUT2D eigenvalue weighted by Crippen LogP contribution is 2.41. The van der Waals surface area contributed by atoms with Gasteiger partial charge in [0.2, 0.25) is 5.95 Å². The fraction of sp³-hybridized carbons (Fsp3) is 0. The molecule has 5 nitrogen and oxygen atoms in total. The SMILES string of the molecule is c1ccc(-c2cc3ccccc3cc2-c2nc(-c3cccc4c3oc3cc5ccccc5cc34)nc(-n3c4ccccc4c4c5ccccc5ccc43)n2)cc1. The second kappa shape index (κ2) is 11.9. The van der Waals surface area contributed by atoms with Crippen molar-refractivity contribution in [2.45, 2.75) is 0 Å². The molecule has 0 fully saturated rings. The van der Waals surface area contributed by atoms with E-state index in [2.05, 4.69) is 180 Å². The maximum Gasteiger partial charge on any atom is 0.238 e. The summed E-state index contributed by atoms with van der Waals surface area (Å²) in [5.41, 5.74) is 7.50. The lowest BCUT2D eigenvalue weighted by Gasteiger charge is -2.15. The monoisotopic (exact) mass is 714 g/mol. The van der Waals surface area contributed by atoms with Crippen LogP contribution in [0.2, 0.25) is 0 Å². The van der Waals surface area contributed by atoms with E-state index < -0.39 is 0 Å². The van der Waals surface area contributed by atoms with E-state index in [1.165, 1.54) is 21.5 Å². The zero-order valence-electron chi connectivity index (χ0n) is 30.0. The predicted octanol–water partition coefficient (Wildman–Crippen LogP) is 13.3. The summed E-state index contributed by atoms with van der Waals surface area (Å²) in [4.78, 5) is 16.2. The van der Waals surface area contributed by atoms with Crippen molar-refractivity contribution in [1.29, 1.82) is 0 Å². The molecule has 5 heteroatoms. The third-order valence-corrected chi connectivity index (χ3v) is 11.2. The van der Waals surface area contributed by atoms with Crippen LogP contribution in [-0.2, 0) is 0 Å². The van der Waals surface area contributed by atoms with E-state index >= 15 is 0 Å². The zero-order chi connectivity index (χ0) is 36.7. The summed E-state index contributed by atoms with van der Waals surface area (Å²) in [5, 5.41) is 11.3. The molecule has 0 aliphatic heterocycles. The first-order valence-electron chi connectivity index (χ1n) is 18.9. The molecule has 0 bridgehead atoms. The second-order valence-electron chi connectivity index (χ2n) is 14.4. The van der Waals surface area contributed by atoms with Gasteiger partial charge in [-0.15, -0.1) is 0 Å². The van der Waals surface area contributed by atoms with Gasteiger partial charge in [0.15, 0.2) is 11.6 Å². The highest BCUT2D eigenvalue weighted by Gasteiger charge is 2.23. The predicted molar refractivity (Wildman–Crippen MR) is 230 cm³/mol. The van der Waals surface area contributed by atoms with E-state index in [-0.39, 0.29) is 0 Å². The quantitative estimate of drug-likeness (QED) is 0.182. The van der Waals surface area contributed by atoms with Gasteiger partial charge in [0.05, 0.1) is 16.6 Å². The van der Waals surface area contributed by atoms with E-state index in [4.69, 9.17) is 19.4 Å². The van der Waals surface area contributed by atoms with Crippen molar-refractivity contribution in [2.75, 3.05) is 0 Å². The minimum absolute atomic E-state index is 0.539. The molecule has 12 rings (SSSR count). The summed E-state index contributed by atoms with van der Waals surface area (Å²) in [7, 11) is 0. The second-order valence-corrected chi connectivity index (χ2v) is 14.4. The first-order chi connectivity index (χ1) is 27.7. The largest absolute Gasteiger partial charge is 0.455 e. The Kier molecular flexibility index (Phi) is 6.56. The van der Waals surface area contributed by atoms with E-state index in [0.717, 1.165) is 76.8 Å². The molecule has 0 saturated carbocycles. The van der Waals surface area contributed by atoms with Crippen molar-refractivity contribution in [3.8, 4) is 39.9 Å².